The molecule has 0 saturated heterocycles. The minimum absolute atomic E-state index is 0.0461. The summed E-state index contributed by atoms with van der Waals surface area (Å²) in [5.74, 6) is -0.905. The number of carbonyl (C=O) groups is 1. The van der Waals surface area contributed by atoms with Gasteiger partial charge in [0.25, 0.3) is 17.3 Å². The number of non-ortho nitro benzene ring substituents is 2. The Morgan fingerprint density at radius 2 is 1.78 bits per heavy atom. The van der Waals surface area contributed by atoms with E-state index in [-0.39, 0.29) is 11.3 Å². The van der Waals surface area contributed by atoms with Crippen LogP contribution in [-0.2, 0) is 11.5 Å². The number of halogens is 3. The molecular formula is C13H10F3N5O6. The molecule has 14 heteroatoms. The summed E-state index contributed by atoms with van der Waals surface area (Å²) in [6.07, 6.45) is -2.25. The highest BCUT2D eigenvalue weighted by atomic mass is 19.4. The zero-order valence-corrected chi connectivity index (χ0v) is 13.2. The summed E-state index contributed by atoms with van der Waals surface area (Å²) in [6, 6.07) is 2.39. The van der Waals surface area contributed by atoms with Crippen molar-refractivity contribution in [3.63, 3.8) is 0 Å². The van der Waals surface area contributed by atoms with Crippen LogP contribution in [0.5, 0.6) is 0 Å². The molecule has 0 radical (unpaired) electrons. The summed E-state index contributed by atoms with van der Waals surface area (Å²) < 4.78 is 41.3. The standard InChI is InChI=1S/C13H10F3N5O6/c14-13(15,16)6-27-7-19-5-9(4-17-19)18-12(22)8-1-10(20(23)24)3-11(2-8)21(25)26/h1-5H,6-7H2,(H,18,22). The number of hydrogen-bond acceptors (Lipinski definition) is 7. The van der Waals surface area contributed by atoms with Crippen LogP contribution in [0.2, 0.25) is 0 Å². The second kappa shape index (κ2) is 7.77. The fourth-order valence-electron chi connectivity index (χ4n) is 1.89. The Morgan fingerprint density at radius 1 is 1.19 bits per heavy atom. The van der Waals surface area contributed by atoms with E-state index in [4.69, 9.17) is 0 Å². The van der Waals surface area contributed by atoms with E-state index in [1.165, 1.54) is 0 Å². The lowest BCUT2D eigenvalue weighted by molar-refractivity contribution is -0.394. The van der Waals surface area contributed by atoms with Gasteiger partial charge in [-0.3, -0.25) is 25.0 Å². The molecule has 0 atom stereocenters. The SMILES string of the molecule is O=C(Nc1cnn(COCC(F)(F)F)c1)c1cc([N+](=O)[O-])cc([N+](=O)[O-])c1. The number of alkyl halides is 3. The van der Waals surface area contributed by atoms with Gasteiger partial charge in [-0.1, -0.05) is 0 Å². The average Bonchev–Trinajstić information content (AvgIpc) is 3.00. The van der Waals surface area contributed by atoms with Gasteiger partial charge in [0.2, 0.25) is 0 Å². The normalized spacial score (nSPS) is 11.2. The van der Waals surface area contributed by atoms with Crippen LogP contribution >= 0.6 is 0 Å². The second-order valence-corrected chi connectivity index (χ2v) is 5.07. The predicted octanol–water partition coefficient (Wildman–Crippen LogP) is 2.49. The maximum absolute atomic E-state index is 12.1. The van der Waals surface area contributed by atoms with Crippen molar-refractivity contribution in [3.8, 4) is 0 Å². The highest BCUT2D eigenvalue weighted by molar-refractivity contribution is 6.05. The lowest BCUT2D eigenvalue weighted by atomic mass is 10.1. The first-order valence-corrected chi connectivity index (χ1v) is 6.97. The van der Waals surface area contributed by atoms with Gasteiger partial charge in [0.15, 0.2) is 0 Å². The van der Waals surface area contributed by atoms with Crippen molar-refractivity contribution < 1.29 is 32.5 Å². The monoisotopic (exact) mass is 389 g/mol. The zero-order valence-electron chi connectivity index (χ0n) is 13.2. The molecule has 1 N–H and O–H groups in total. The summed E-state index contributed by atoms with van der Waals surface area (Å²) in [7, 11) is 0. The van der Waals surface area contributed by atoms with Gasteiger partial charge >= 0.3 is 6.18 Å². The van der Waals surface area contributed by atoms with Crippen molar-refractivity contribution in [1.82, 2.24) is 9.78 Å². The number of amides is 1. The van der Waals surface area contributed by atoms with Crippen molar-refractivity contribution in [1.29, 1.82) is 0 Å². The lowest BCUT2D eigenvalue weighted by Crippen LogP contribution is -2.18. The first kappa shape index (κ1) is 19.8. The van der Waals surface area contributed by atoms with Gasteiger partial charge in [0.05, 0.1) is 39.6 Å². The third-order valence-corrected chi connectivity index (χ3v) is 2.97. The molecule has 0 unspecified atom stereocenters. The molecule has 1 aromatic heterocycles. The summed E-state index contributed by atoms with van der Waals surface area (Å²) in [6.45, 7) is -2.01. The topological polar surface area (TPSA) is 142 Å². The number of hydrogen-bond donors (Lipinski definition) is 1. The molecule has 2 rings (SSSR count). The fourth-order valence-corrected chi connectivity index (χ4v) is 1.89. The maximum Gasteiger partial charge on any atom is 0.411 e. The Kier molecular flexibility index (Phi) is 5.69. The van der Waals surface area contributed by atoms with E-state index >= 15 is 0 Å². The Morgan fingerprint density at radius 3 is 2.30 bits per heavy atom. The molecule has 144 valence electrons. The third-order valence-electron chi connectivity index (χ3n) is 2.97. The number of ether oxygens (including phenoxy) is 1. The summed E-state index contributed by atoms with van der Waals surface area (Å²) in [5.41, 5.74) is -1.60. The van der Waals surface area contributed by atoms with Crippen LogP contribution in [0.15, 0.2) is 30.6 Å². The molecule has 0 bridgehead atoms. The van der Waals surface area contributed by atoms with Gasteiger partial charge in [-0.25, -0.2) is 4.68 Å². The molecule has 0 saturated carbocycles. The van der Waals surface area contributed by atoms with Crippen LogP contribution < -0.4 is 5.32 Å². The van der Waals surface area contributed by atoms with Crippen LogP contribution in [0.25, 0.3) is 0 Å². The van der Waals surface area contributed by atoms with Crippen molar-refractivity contribution in [2.24, 2.45) is 0 Å². The van der Waals surface area contributed by atoms with Crippen molar-refractivity contribution in [2.45, 2.75) is 12.9 Å². The smallest absolute Gasteiger partial charge is 0.350 e. The van der Waals surface area contributed by atoms with Crippen LogP contribution in [0.3, 0.4) is 0 Å². The number of anilines is 1. The van der Waals surface area contributed by atoms with Gasteiger partial charge in [-0.15, -0.1) is 0 Å². The first-order chi connectivity index (χ1) is 12.5. The van der Waals surface area contributed by atoms with E-state index in [1.54, 1.807) is 0 Å². The van der Waals surface area contributed by atoms with E-state index in [2.05, 4.69) is 15.2 Å². The number of carbonyl (C=O) groups excluding carboxylic acids is 1. The largest absolute Gasteiger partial charge is 0.411 e. The number of rotatable bonds is 7. The van der Waals surface area contributed by atoms with Gasteiger partial charge in [-0.05, 0) is 0 Å². The molecule has 0 aliphatic rings. The average molecular weight is 389 g/mol. The first-order valence-electron chi connectivity index (χ1n) is 6.97. The van der Waals surface area contributed by atoms with Crippen LogP contribution in [0, 0.1) is 20.2 Å². The number of nitro groups is 2. The van der Waals surface area contributed by atoms with Crippen molar-refractivity contribution in [2.75, 3.05) is 11.9 Å². The molecule has 0 aliphatic heterocycles. The van der Waals surface area contributed by atoms with E-state index in [1.807, 2.05) is 0 Å². The number of aromatic nitrogens is 2. The highest BCUT2D eigenvalue weighted by Crippen LogP contribution is 2.23. The highest BCUT2D eigenvalue weighted by Gasteiger charge is 2.27. The van der Waals surface area contributed by atoms with Crippen molar-refractivity contribution >= 4 is 23.0 Å². The van der Waals surface area contributed by atoms with Crippen molar-refractivity contribution in [3.05, 3.63) is 56.4 Å². The molecule has 1 heterocycles. The Hall–Kier alpha value is -3.55. The van der Waals surface area contributed by atoms with Gasteiger partial charge < -0.3 is 10.1 Å². The van der Waals surface area contributed by atoms with Crippen LogP contribution in [-0.4, -0.2) is 38.3 Å². The molecule has 27 heavy (non-hydrogen) atoms. The minimum atomic E-state index is -4.50. The summed E-state index contributed by atoms with van der Waals surface area (Å²) >= 11 is 0. The molecule has 11 nitrogen and oxygen atoms in total. The van der Waals surface area contributed by atoms with E-state index in [0.717, 1.165) is 29.2 Å². The lowest BCUT2D eigenvalue weighted by Gasteiger charge is -2.07. The molecule has 2 aromatic rings. The zero-order chi connectivity index (χ0) is 20.2. The van der Waals surface area contributed by atoms with E-state index < -0.39 is 46.6 Å². The predicted molar refractivity (Wildman–Crippen MR) is 81.9 cm³/mol. The minimum Gasteiger partial charge on any atom is -0.350 e. The fraction of sp³-hybridized carbons (Fsp3) is 0.231. The summed E-state index contributed by atoms with van der Waals surface area (Å²) in [5, 5.41) is 27.6. The Labute approximate surface area is 147 Å². The maximum atomic E-state index is 12.1. The second-order valence-electron chi connectivity index (χ2n) is 5.07. The number of nitro benzene ring substituents is 2. The number of benzene rings is 1. The third kappa shape index (κ3) is 5.74. The number of nitrogens with one attached hydrogen (secondary N) is 1. The van der Waals surface area contributed by atoms with Crippen LogP contribution in [0.1, 0.15) is 10.4 Å². The van der Waals surface area contributed by atoms with Crippen LogP contribution in [0.4, 0.5) is 30.2 Å². The van der Waals surface area contributed by atoms with E-state index in [0.29, 0.717) is 6.07 Å². The summed E-state index contributed by atoms with van der Waals surface area (Å²) in [4.78, 5) is 32.0. The molecule has 0 spiro atoms. The Balaban J connectivity index is 2.09. The van der Waals surface area contributed by atoms with Gasteiger partial charge in [-0.2, -0.15) is 18.3 Å². The van der Waals surface area contributed by atoms with E-state index in [9.17, 15) is 38.2 Å². The molecule has 0 aliphatic carbocycles. The molecular weight excluding hydrogens is 379 g/mol. The van der Waals surface area contributed by atoms with Gasteiger partial charge in [0, 0.05) is 12.1 Å². The molecule has 1 amide bonds. The number of nitrogens with zero attached hydrogens (tertiary/aromatic N) is 4. The van der Waals surface area contributed by atoms with Gasteiger partial charge in [0.1, 0.15) is 13.3 Å². The Bertz CT molecular complexity index is 849. The quantitative estimate of drug-likeness (QED) is 0.566. The molecule has 1 aromatic carbocycles. The molecule has 0 fully saturated rings.